The Balaban J connectivity index is 2.06. The number of rotatable bonds is 0. The highest BCUT2D eigenvalue weighted by Gasteiger charge is 2.36. The second-order valence-corrected chi connectivity index (χ2v) is 2.58. The van der Waals surface area contributed by atoms with E-state index in [0.29, 0.717) is 0 Å². The lowest BCUT2D eigenvalue weighted by Crippen LogP contribution is -2.46. The van der Waals surface area contributed by atoms with Crippen molar-refractivity contribution in [3.8, 4) is 0 Å². The lowest BCUT2D eigenvalue weighted by atomic mass is 10.1. The predicted molar refractivity (Wildman–Crippen MR) is 29.5 cm³/mol. The zero-order valence-electron chi connectivity index (χ0n) is 5.37. The van der Waals surface area contributed by atoms with Gasteiger partial charge < -0.3 is 4.74 Å². The van der Waals surface area contributed by atoms with E-state index in [1.807, 2.05) is 6.92 Å². The summed E-state index contributed by atoms with van der Waals surface area (Å²) in [6.45, 7) is 2.01. The van der Waals surface area contributed by atoms with E-state index < -0.39 is 0 Å². The van der Waals surface area contributed by atoms with Crippen LogP contribution in [0.15, 0.2) is 0 Å². The van der Waals surface area contributed by atoms with E-state index in [0.717, 1.165) is 12.8 Å². The highest BCUT2D eigenvalue weighted by molar-refractivity contribution is 4.74. The van der Waals surface area contributed by atoms with E-state index in [2.05, 4.69) is 0 Å². The van der Waals surface area contributed by atoms with E-state index in [1.165, 1.54) is 0 Å². The van der Waals surface area contributed by atoms with Crippen molar-refractivity contribution in [2.75, 3.05) is 0 Å². The minimum atomic E-state index is -0.0926. The maximum Gasteiger partial charge on any atom is 0.191 e. The van der Waals surface area contributed by atoms with Crippen LogP contribution in [0.1, 0.15) is 19.8 Å². The van der Waals surface area contributed by atoms with Gasteiger partial charge in [0.15, 0.2) is 6.29 Å². The average Bonchev–Trinajstić information content (AvgIpc) is 1.90. The quantitative estimate of drug-likeness (QED) is 0.455. The summed E-state index contributed by atoms with van der Waals surface area (Å²) in [5.41, 5.74) is 0. The van der Waals surface area contributed by atoms with Crippen LogP contribution < -0.4 is 0 Å². The molecule has 3 atom stereocenters. The van der Waals surface area contributed by atoms with Crippen LogP contribution in [0, 0.1) is 0 Å². The summed E-state index contributed by atoms with van der Waals surface area (Å²) in [5.74, 6) is 0. The van der Waals surface area contributed by atoms with Gasteiger partial charge in [-0.3, -0.25) is 0 Å². The summed E-state index contributed by atoms with van der Waals surface area (Å²) in [7, 11) is 0. The largest absolute Gasteiger partial charge is 0.344 e. The first-order valence-corrected chi connectivity index (χ1v) is 3.34. The van der Waals surface area contributed by atoms with Gasteiger partial charge in [0.1, 0.15) is 6.10 Å². The Morgan fingerprint density at radius 2 is 2.11 bits per heavy atom. The molecule has 0 aliphatic carbocycles. The summed E-state index contributed by atoms with van der Waals surface area (Å²) in [5, 5.41) is 0. The smallest absolute Gasteiger partial charge is 0.191 e. The Hall–Kier alpha value is -0.120. The Bertz CT molecular complexity index is 107. The van der Waals surface area contributed by atoms with Crippen LogP contribution >= 0.6 is 0 Å². The highest BCUT2D eigenvalue weighted by atomic mass is 17.2. The predicted octanol–water partition coefficient (Wildman–Crippen LogP) is 0.842. The Labute approximate surface area is 53.8 Å². The molecule has 0 aromatic carbocycles. The van der Waals surface area contributed by atoms with Gasteiger partial charge in [-0.15, -0.1) is 0 Å². The fourth-order valence-corrected chi connectivity index (χ4v) is 1.26. The zero-order valence-corrected chi connectivity index (χ0v) is 5.37. The van der Waals surface area contributed by atoms with Gasteiger partial charge >= 0.3 is 0 Å². The molecule has 2 bridgehead atoms. The molecule has 9 heavy (non-hydrogen) atoms. The van der Waals surface area contributed by atoms with Crippen molar-refractivity contribution in [2.45, 2.75) is 38.3 Å². The minimum absolute atomic E-state index is 0.0926. The molecule has 3 nitrogen and oxygen atoms in total. The van der Waals surface area contributed by atoms with Crippen LogP contribution in [-0.2, 0) is 14.5 Å². The second-order valence-electron chi connectivity index (χ2n) is 2.58. The molecular formula is C6H10O3. The van der Waals surface area contributed by atoms with Crippen LogP contribution in [-0.4, -0.2) is 18.5 Å². The van der Waals surface area contributed by atoms with Gasteiger partial charge in [-0.25, -0.2) is 9.78 Å². The van der Waals surface area contributed by atoms with Crippen molar-refractivity contribution in [3.05, 3.63) is 0 Å². The van der Waals surface area contributed by atoms with Gasteiger partial charge in [-0.1, -0.05) is 0 Å². The molecule has 52 valence electrons. The molecule has 0 saturated carbocycles. The molecule has 3 aliphatic heterocycles. The number of fused-ring (bicyclic) bond motifs is 3. The molecule has 3 fully saturated rings. The van der Waals surface area contributed by atoms with Crippen molar-refractivity contribution >= 4 is 0 Å². The van der Waals surface area contributed by atoms with Gasteiger partial charge in [0.25, 0.3) is 0 Å². The third-order valence-corrected chi connectivity index (χ3v) is 1.86. The fourth-order valence-electron chi connectivity index (χ4n) is 1.26. The molecule has 2 unspecified atom stereocenters. The molecular weight excluding hydrogens is 120 g/mol. The molecule has 0 radical (unpaired) electrons. The van der Waals surface area contributed by atoms with E-state index >= 15 is 0 Å². The first-order valence-electron chi connectivity index (χ1n) is 3.34. The van der Waals surface area contributed by atoms with Crippen LogP contribution in [0.4, 0.5) is 0 Å². The fraction of sp³-hybridized carbons (Fsp3) is 1.00. The maximum absolute atomic E-state index is 5.34. The summed E-state index contributed by atoms with van der Waals surface area (Å²) < 4.78 is 5.34. The van der Waals surface area contributed by atoms with Crippen molar-refractivity contribution in [1.82, 2.24) is 0 Å². The second kappa shape index (κ2) is 1.94. The van der Waals surface area contributed by atoms with Crippen molar-refractivity contribution in [3.63, 3.8) is 0 Å². The van der Waals surface area contributed by atoms with Crippen molar-refractivity contribution in [1.29, 1.82) is 0 Å². The summed E-state index contributed by atoms with van der Waals surface area (Å²) >= 11 is 0. The average molecular weight is 130 g/mol. The molecule has 0 amide bonds. The molecule has 3 rings (SSSR count). The number of hydrogen-bond acceptors (Lipinski definition) is 3. The summed E-state index contributed by atoms with van der Waals surface area (Å²) in [6.07, 6.45) is 2.36. The van der Waals surface area contributed by atoms with Crippen LogP contribution in [0.5, 0.6) is 0 Å². The van der Waals surface area contributed by atoms with Crippen molar-refractivity contribution in [2.24, 2.45) is 0 Å². The molecule has 0 N–H and O–H groups in total. The Morgan fingerprint density at radius 1 is 1.22 bits per heavy atom. The first kappa shape index (κ1) is 5.65. The van der Waals surface area contributed by atoms with Gasteiger partial charge in [0.05, 0.1) is 6.10 Å². The van der Waals surface area contributed by atoms with Crippen LogP contribution in [0.3, 0.4) is 0 Å². The topological polar surface area (TPSA) is 27.7 Å². The van der Waals surface area contributed by atoms with Gasteiger partial charge in [0, 0.05) is 6.42 Å². The Morgan fingerprint density at radius 3 is 2.33 bits per heavy atom. The SMILES string of the molecule is C[C@@H]1OC2CCC1OO2. The third-order valence-electron chi connectivity index (χ3n) is 1.86. The minimum Gasteiger partial charge on any atom is -0.344 e. The van der Waals surface area contributed by atoms with E-state index in [9.17, 15) is 0 Å². The molecule has 3 heterocycles. The molecule has 3 aliphatic rings. The lowest BCUT2D eigenvalue weighted by molar-refractivity contribution is -0.479. The van der Waals surface area contributed by atoms with Gasteiger partial charge in [-0.2, -0.15) is 0 Å². The van der Waals surface area contributed by atoms with E-state index in [1.54, 1.807) is 0 Å². The summed E-state index contributed by atoms with van der Waals surface area (Å²) in [4.78, 5) is 9.79. The highest BCUT2D eigenvalue weighted by Crippen LogP contribution is 2.28. The zero-order chi connectivity index (χ0) is 6.27. The molecule has 0 aromatic heterocycles. The van der Waals surface area contributed by atoms with E-state index in [4.69, 9.17) is 14.5 Å². The molecule has 0 aromatic rings. The first-order chi connectivity index (χ1) is 4.36. The monoisotopic (exact) mass is 130 g/mol. The lowest BCUT2D eigenvalue weighted by Gasteiger charge is -2.38. The Kier molecular flexibility index (Phi) is 1.22. The van der Waals surface area contributed by atoms with Gasteiger partial charge in [-0.05, 0) is 13.3 Å². The van der Waals surface area contributed by atoms with Crippen molar-refractivity contribution < 1.29 is 14.5 Å². The van der Waals surface area contributed by atoms with Crippen LogP contribution in [0.2, 0.25) is 0 Å². The standard InChI is InChI=1S/C6H10O3/c1-4-5-2-3-6(7-4)9-8-5/h4-6H,2-3H2,1H3/t4-,5?,6?/m0/s1. The van der Waals surface area contributed by atoms with Crippen LogP contribution in [0.25, 0.3) is 0 Å². The van der Waals surface area contributed by atoms with Gasteiger partial charge in [0.2, 0.25) is 0 Å². The number of hydrogen-bond donors (Lipinski definition) is 0. The van der Waals surface area contributed by atoms with E-state index in [-0.39, 0.29) is 18.5 Å². The number of ether oxygens (including phenoxy) is 1. The normalized spacial score (nSPS) is 49.7. The molecule has 3 saturated heterocycles. The molecule has 0 spiro atoms. The summed E-state index contributed by atoms with van der Waals surface area (Å²) in [6, 6.07) is 0. The molecule has 3 heteroatoms. The third kappa shape index (κ3) is 0.852. The maximum atomic E-state index is 5.34.